The number of imidazole rings is 1. The first kappa shape index (κ1) is 27.8. The van der Waals surface area contributed by atoms with E-state index in [1.807, 2.05) is 0 Å². The predicted molar refractivity (Wildman–Crippen MR) is 145 cm³/mol. The summed E-state index contributed by atoms with van der Waals surface area (Å²) in [6, 6.07) is 7.97. The van der Waals surface area contributed by atoms with Crippen LogP contribution in [0.5, 0.6) is 17.2 Å². The molecule has 2 aromatic carbocycles. The number of ether oxygens (including phenoxy) is 3. The van der Waals surface area contributed by atoms with E-state index in [-0.39, 0.29) is 11.9 Å². The monoisotopic (exact) mass is 571 g/mol. The van der Waals surface area contributed by atoms with Crippen molar-refractivity contribution < 1.29 is 32.2 Å². The predicted octanol–water partition coefficient (Wildman–Crippen LogP) is 4.98. The van der Waals surface area contributed by atoms with Crippen LogP contribution < -0.4 is 24.8 Å². The van der Waals surface area contributed by atoms with Gasteiger partial charge in [-0.15, -0.1) is 0 Å². The van der Waals surface area contributed by atoms with Gasteiger partial charge in [0.25, 0.3) is 0 Å². The molecule has 41 heavy (non-hydrogen) atoms. The number of benzene rings is 2. The molecule has 0 bridgehead atoms. The number of likely N-dealkylation sites (tertiary alicyclic amines) is 1. The number of nitrogens with zero attached hydrogens (tertiary/aromatic N) is 5. The molecule has 0 aliphatic carbocycles. The average molecular weight is 572 g/mol. The fraction of sp³-hybridized carbons (Fsp3) is 0.333. The average Bonchev–Trinajstić information content (AvgIpc) is 3.56. The number of hydrogen-bond acceptors (Lipinski definition) is 9. The molecule has 0 radical (unpaired) electrons. The third-order valence-electron chi connectivity index (χ3n) is 6.64. The van der Waals surface area contributed by atoms with E-state index in [1.165, 1.54) is 33.5 Å². The summed E-state index contributed by atoms with van der Waals surface area (Å²) in [5.74, 6) is 1.82. The van der Waals surface area contributed by atoms with Crippen molar-refractivity contribution in [3.8, 4) is 17.2 Å². The van der Waals surface area contributed by atoms with Gasteiger partial charge in [-0.25, -0.2) is 4.98 Å². The van der Waals surface area contributed by atoms with E-state index in [1.54, 1.807) is 27.9 Å². The highest BCUT2D eigenvalue weighted by molar-refractivity contribution is 5.87. The first-order valence-electron chi connectivity index (χ1n) is 12.7. The molecule has 11 nitrogen and oxygen atoms in total. The van der Waals surface area contributed by atoms with Crippen LogP contribution in [0.15, 0.2) is 42.7 Å². The number of fused-ring (bicyclic) bond motifs is 1. The highest BCUT2D eigenvalue weighted by atomic mass is 19.4. The lowest BCUT2D eigenvalue weighted by molar-refractivity contribution is -0.137. The van der Waals surface area contributed by atoms with Gasteiger partial charge in [-0.05, 0) is 30.7 Å². The van der Waals surface area contributed by atoms with Gasteiger partial charge in [0.2, 0.25) is 17.6 Å². The van der Waals surface area contributed by atoms with Gasteiger partial charge in [0.05, 0.1) is 33.2 Å². The largest absolute Gasteiger partial charge is 0.493 e. The number of alkyl halides is 3. The van der Waals surface area contributed by atoms with Crippen LogP contribution in [0.2, 0.25) is 0 Å². The van der Waals surface area contributed by atoms with Crippen LogP contribution in [0.25, 0.3) is 11.2 Å². The second-order valence-electron chi connectivity index (χ2n) is 9.23. The smallest absolute Gasteiger partial charge is 0.416 e. The van der Waals surface area contributed by atoms with Crippen molar-refractivity contribution in [1.29, 1.82) is 0 Å². The molecule has 2 N–H and O–H groups in total. The Hall–Kier alpha value is -4.75. The van der Waals surface area contributed by atoms with Gasteiger partial charge in [-0.1, -0.05) is 0 Å². The third-order valence-corrected chi connectivity index (χ3v) is 6.64. The Balaban J connectivity index is 1.52. The normalized spacial score (nSPS) is 13.5. The quantitative estimate of drug-likeness (QED) is 0.272. The van der Waals surface area contributed by atoms with E-state index in [4.69, 9.17) is 14.2 Å². The highest BCUT2D eigenvalue weighted by Crippen LogP contribution is 2.41. The van der Waals surface area contributed by atoms with E-state index >= 15 is 0 Å². The zero-order chi connectivity index (χ0) is 29.1. The van der Waals surface area contributed by atoms with Gasteiger partial charge in [-0.3, -0.25) is 4.79 Å². The second-order valence-corrected chi connectivity index (χ2v) is 9.23. The SMILES string of the molecule is COc1cc(Nc2nc(Nc3ccc(C(F)(F)F)cc3)nc3c2ncn3CCN2CCCC2=O)cc(OC)c1OC. The number of nitrogens with one attached hydrogen (secondary N) is 2. The molecule has 5 rings (SSSR count). The van der Waals surface area contributed by atoms with E-state index in [2.05, 4.69) is 25.6 Å². The molecule has 216 valence electrons. The van der Waals surface area contributed by atoms with Crippen LogP contribution >= 0.6 is 0 Å². The maximum absolute atomic E-state index is 13.0. The van der Waals surface area contributed by atoms with Crippen molar-refractivity contribution in [1.82, 2.24) is 24.4 Å². The minimum atomic E-state index is -4.45. The lowest BCUT2D eigenvalue weighted by atomic mass is 10.2. The Kier molecular flexibility index (Phi) is 7.72. The van der Waals surface area contributed by atoms with E-state index in [0.717, 1.165) is 18.6 Å². The zero-order valence-electron chi connectivity index (χ0n) is 22.6. The van der Waals surface area contributed by atoms with Crippen molar-refractivity contribution in [2.45, 2.75) is 25.6 Å². The summed E-state index contributed by atoms with van der Waals surface area (Å²) >= 11 is 0. The summed E-state index contributed by atoms with van der Waals surface area (Å²) < 4.78 is 57.2. The van der Waals surface area contributed by atoms with Crippen LogP contribution in [0, 0.1) is 0 Å². The molecule has 1 fully saturated rings. The maximum atomic E-state index is 13.0. The van der Waals surface area contributed by atoms with Crippen molar-refractivity contribution in [3.05, 3.63) is 48.3 Å². The number of amides is 1. The molecular weight excluding hydrogens is 543 g/mol. The highest BCUT2D eigenvalue weighted by Gasteiger charge is 2.30. The zero-order valence-corrected chi connectivity index (χ0v) is 22.6. The molecule has 1 aliphatic rings. The van der Waals surface area contributed by atoms with Crippen LogP contribution in [0.4, 0.5) is 36.3 Å². The summed E-state index contributed by atoms with van der Waals surface area (Å²) in [5, 5.41) is 6.21. The standard InChI is InChI=1S/C27H28F3N7O4/c1-39-19-13-18(14-20(40-2)23(19)41-3)32-24-22-25(37(15-31-22)12-11-36-10-4-5-21(36)38)35-26(34-24)33-17-8-6-16(7-9-17)27(28,29)30/h6-9,13-15H,4-5,10-12H2,1-3H3,(H2,32,33,34,35). The maximum Gasteiger partial charge on any atom is 0.416 e. The summed E-state index contributed by atoms with van der Waals surface area (Å²) in [6.45, 7) is 1.64. The van der Waals surface area contributed by atoms with Crippen LogP contribution in [-0.2, 0) is 17.5 Å². The first-order chi connectivity index (χ1) is 19.7. The molecule has 2 aromatic heterocycles. The van der Waals surface area contributed by atoms with Crippen molar-refractivity contribution in [3.63, 3.8) is 0 Å². The Morgan fingerprint density at radius 3 is 2.22 bits per heavy atom. The molecule has 0 atom stereocenters. The molecule has 1 amide bonds. The Morgan fingerprint density at radius 1 is 0.927 bits per heavy atom. The molecule has 3 heterocycles. The van der Waals surface area contributed by atoms with Gasteiger partial charge in [-0.2, -0.15) is 23.1 Å². The first-order valence-corrected chi connectivity index (χ1v) is 12.7. The molecular formula is C27H28F3N7O4. The Bertz CT molecular complexity index is 1530. The van der Waals surface area contributed by atoms with Gasteiger partial charge < -0.3 is 34.3 Å². The fourth-order valence-electron chi connectivity index (χ4n) is 4.58. The van der Waals surface area contributed by atoms with Gasteiger partial charge in [0.15, 0.2) is 28.5 Å². The number of carbonyl (C=O) groups excluding carboxylic acids is 1. The minimum absolute atomic E-state index is 0.110. The van der Waals surface area contributed by atoms with Crippen molar-refractivity contribution >= 4 is 40.2 Å². The lowest BCUT2D eigenvalue weighted by Crippen LogP contribution is -2.28. The van der Waals surface area contributed by atoms with E-state index < -0.39 is 11.7 Å². The van der Waals surface area contributed by atoms with Crippen LogP contribution in [-0.4, -0.2) is 64.7 Å². The molecule has 0 spiro atoms. The molecule has 14 heteroatoms. The summed E-state index contributed by atoms with van der Waals surface area (Å²) in [6.07, 6.45) is -1.47. The number of methoxy groups -OCH3 is 3. The molecule has 1 aliphatic heterocycles. The van der Waals surface area contributed by atoms with E-state index in [9.17, 15) is 18.0 Å². The number of anilines is 4. The lowest BCUT2D eigenvalue weighted by Gasteiger charge is -2.17. The molecule has 0 saturated carbocycles. The summed E-state index contributed by atoms with van der Waals surface area (Å²) in [5.41, 5.74) is 1.07. The van der Waals surface area contributed by atoms with Gasteiger partial charge >= 0.3 is 6.18 Å². The number of rotatable bonds is 10. The van der Waals surface area contributed by atoms with Gasteiger partial charge in [0.1, 0.15) is 0 Å². The Labute approximate surface area is 233 Å². The van der Waals surface area contributed by atoms with E-state index in [0.29, 0.717) is 71.7 Å². The topological polar surface area (TPSA) is 116 Å². The van der Waals surface area contributed by atoms with Gasteiger partial charge in [0, 0.05) is 49.6 Å². The number of carbonyl (C=O) groups is 1. The second kappa shape index (κ2) is 11.4. The molecule has 1 saturated heterocycles. The minimum Gasteiger partial charge on any atom is -0.493 e. The number of halogens is 3. The number of aromatic nitrogens is 4. The van der Waals surface area contributed by atoms with Crippen LogP contribution in [0.1, 0.15) is 18.4 Å². The van der Waals surface area contributed by atoms with Crippen molar-refractivity contribution in [2.75, 3.05) is 45.1 Å². The molecule has 0 unspecified atom stereocenters. The molecule has 4 aromatic rings. The fourth-order valence-corrected chi connectivity index (χ4v) is 4.58. The number of hydrogen-bond donors (Lipinski definition) is 2. The summed E-state index contributed by atoms with van der Waals surface area (Å²) in [7, 11) is 4.51. The van der Waals surface area contributed by atoms with Crippen molar-refractivity contribution in [2.24, 2.45) is 0 Å². The van der Waals surface area contributed by atoms with Crippen LogP contribution in [0.3, 0.4) is 0 Å². The third kappa shape index (κ3) is 5.90. The Morgan fingerprint density at radius 2 is 1.63 bits per heavy atom. The summed E-state index contributed by atoms with van der Waals surface area (Å²) in [4.78, 5) is 27.6.